The van der Waals surface area contributed by atoms with Crippen LogP contribution in [0, 0.1) is 0 Å². The molecule has 0 bridgehead atoms. The molecule has 0 aliphatic carbocycles. The van der Waals surface area contributed by atoms with Crippen molar-refractivity contribution >= 4 is 21.4 Å². The van der Waals surface area contributed by atoms with Crippen LogP contribution in [0.15, 0.2) is 46.1 Å². The van der Waals surface area contributed by atoms with E-state index in [0.717, 1.165) is 0 Å². The molecule has 1 N–H and O–H groups in total. The number of thiophene rings is 1. The van der Waals surface area contributed by atoms with E-state index in [1.165, 1.54) is 11.3 Å². The summed E-state index contributed by atoms with van der Waals surface area (Å²) < 4.78 is 26.8. The molecule has 17 heavy (non-hydrogen) atoms. The first kappa shape index (κ1) is 12.2. The van der Waals surface area contributed by atoms with Gasteiger partial charge in [-0.15, -0.1) is 11.3 Å². The maximum Gasteiger partial charge on any atom is 0.250 e. The highest BCUT2D eigenvalue weighted by Gasteiger charge is 2.19. The second kappa shape index (κ2) is 4.95. The monoisotopic (exact) mass is 268 g/mol. The molecule has 4 nitrogen and oxygen atoms in total. The fraction of sp³-hybridized carbons (Fsp3) is 0.182. The van der Waals surface area contributed by atoms with Gasteiger partial charge in [-0.2, -0.15) is 0 Å². The Morgan fingerprint density at radius 1 is 1.29 bits per heavy atom. The van der Waals surface area contributed by atoms with Crippen LogP contribution in [-0.2, 0) is 10.0 Å². The molecule has 0 aliphatic rings. The van der Waals surface area contributed by atoms with Crippen LogP contribution < -0.4 is 4.72 Å². The van der Waals surface area contributed by atoms with E-state index >= 15 is 0 Å². The lowest BCUT2D eigenvalue weighted by molar-refractivity contribution is 0.566. The Labute approximate surface area is 104 Å². The molecule has 0 fully saturated rings. The molecule has 0 saturated heterocycles. The predicted molar refractivity (Wildman–Crippen MR) is 67.3 cm³/mol. The van der Waals surface area contributed by atoms with Crippen LogP contribution in [0.25, 0.3) is 0 Å². The summed E-state index contributed by atoms with van der Waals surface area (Å²) in [5, 5.41) is 1.74. The third-order valence-electron chi connectivity index (χ3n) is 2.22. The molecular weight excluding hydrogens is 256 g/mol. The number of aromatic nitrogens is 1. The van der Waals surface area contributed by atoms with Gasteiger partial charge in [-0.1, -0.05) is 12.1 Å². The van der Waals surface area contributed by atoms with E-state index in [1.54, 1.807) is 42.8 Å². The second-order valence-corrected chi connectivity index (χ2v) is 6.42. The predicted octanol–water partition coefficient (Wildman–Crippen LogP) is 2.18. The lowest BCUT2D eigenvalue weighted by Gasteiger charge is -2.12. The summed E-state index contributed by atoms with van der Waals surface area (Å²) in [6, 6.07) is 8.37. The quantitative estimate of drug-likeness (QED) is 0.924. The Bertz CT molecular complexity index is 565. The van der Waals surface area contributed by atoms with E-state index in [2.05, 4.69) is 9.71 Å². The molecule has 0 radical (unpaired) electrons. The number of hydrogen-bond donors (Lipinski definition) is 1. The van der Waals surface area contributed by atoms with Gasteiger partial charge in [0.05, 0.1) is 11.7 Å². The molecule has 1 atom stereocenters. The van der Waals surface area contributed by atoms with E-state index in [-0.39, 0.29) is 6.04 Å². The van der Waals surface area contributed by atoms with Crippen molar-refractivity contribution < 1.29 is 8.42 Å². The number of rotatable bonds is 4. The normalized spacial score (nSPS) is 13.5. The molecule has 0 aliphatic heterocycles. The highest BCUT2D eigenvalue weighted by atomic mass is 32.2. The molecule has 90 valence electrons. The standard InChI is InChI=1S/C11H12N2O2S2/c1-9(10-5-2-3-7-12-10)13-17(14,15)11-6-4-8-16-11/h2-9,13H,1H3. The zero-order valence-electron chi connectivity index (χ0n) is 9.20. The van der Waals surface area contributed by atoms with Crippen LogP contribution in [0.4, 0.5) is 0 Å². The molecule has 0 spiro atoms. The van der Waals surface area contributed by atoms with Crippen molar-refractivity contribution in [2.75, 3.05) is 0 Å². The van der Waals surface area contributed by atoms with Crippen molar-refractivity contribution in [3.8, 4) is 0 Å². The number of nitrogens with one attached hydrogen (secondary N) is 1. The maximum absolute atomic E-state index is 11.9. The highest BCUT2D eigenvalue weighted by Crippen LogP contribution is 2.18. The summed E-state index contributed by atoms with van der Waals surface area (Å²) in [5.41, 5.74) is 0.702. The van der Waals surface area contributed by atoms with Crippen LogP contribution in [0.2, 0.25) is 0 Å². The summed E-state index contributed by atoms with van der Waals surface area (Å²) in [6.45, 7) is 1.77. The van der Waals surface area contributed by atoms with Crippen molar-refractivity contribution in [1.82, 2.24) is 9.71 Å². The molecule has 0 aromatic carbocycles. The van der Waals surface area contributed by atoms with Crippen LogP contribution in [0.3, 0.4) is 0 Å². The van der Waals surface area contributed by atoms with Gasteiger partial charge in [-0.25, -0.2) is 13.1 Å². The SMILES string of the molecule is CC(NS(=O)(=O)c1cccs1)c1ccccn1. The van der Waals surface area contributed by atoms with Gasteiger partial charge in [0, 0.05) is 6.20 Å². The minimum Gasteiger partial charge on any atom is -0.260 e. The van der Waals surface area contributed by atoms with E-state index in [0.29, 0.717) is 9.90 Å². The van der Waals surface area contributed by atoms with Crippen molar-refractivity contribution in [2.45, 2.75) is 17.2 Å². The fourth-order valence-electron chi connectivity index (χ4n) is 1.40. The Hall–Kier alpha value is -1.24. The van der Waals surface area contributed by atoms with Gasteiger partial charge in [0.2, 0.25) is 0 Å². The zero-order valence-corrected chi connectivity index (χ0v) is 10.8. The third-order valence-corrected chi connectivity index (χ3v) is 5.16. The van der Waals surface area contributed by atoms with Gasteiger partial charge in [0.15, 0.2) is 0 Å². The zero-order chi connectivity index (χ0) is 12.3. The average molecular weight is 268 g/mol. The van der Waals surface area contributed by atoms with E-state index < -0.39 is 10.0 Å². The number of sulfonamides is 1. The van der Waals surface area contributed by atoms with Crippen LogP contribution >= 0.6 is 11.3 Å². The van der Waals surface area contributed by atoms with Crippen molar-refractivity contribution in [1.29, 1.82) is 0 Å². The molecule has 2 heterocycles. The topological polar surface area (TPSA) is 59.1 Å². The highest BCUT2D eigenvalue weighted by molar-refractivity contribution is 7.91. The molecule has 2 aromatic rings. The summed E-state index contributed by atoms with van der Waals surface area (Å²) in [5.74, 6) is 0. The Kier molecular flexibility index (Phi) is 3.56. The minimum absolute atomic E-state index is 0.320. The van der Waals surface area contributed by atoms with Gasteiger partial charge in [-0.05, 0) is 30.5 Å². The van der Waals surface area contributed by atoms with Crippen LogP contribution in [0.5, 0.6) is 0 Å². The first-order valence-electron chi connectivity index (χ1n) is 5.06. The summed E-state index contributed by atoms with van der Waals surface area (Å²) in [7, 11) is -3.44. The Balaban J connectivity index is 2.17. The number of nitrogens with zero attached hydrogens (tertiary/aromatic N) is 1. The lowest BCUT2D eigenvalue weighted by Crippen LogP contribution is -2.26. The lowest BCUT2D eigenvalue weighted by atomic mass is 10.2. The molecule has 1 unspecified atom stereocenters. The van der Waals surface area contributed by atoms with Crippen LogP contribution in [0.1, 0.15) is 18.7 Å². The van der Waals surface area contributed by atoms with Gasteiger partial charge in [-0.3, -0.25) is 4.98 Å². The van der Waals surface area contributed by atoms with Crippen LogP contribution in [-0.4, -0.2) is 13.4 Å². The Morgan fingerprint density at radius 3 is 2.71 bits per heavy atom. The van der Waals surface area contributed by atoms with E-state index in [9.17, 15) is 8.42 Å². The van der Waals surface area contributed by atoms with Gasteiger partial charge < -0.3 is 0 Å². The molecule has 2 rings (SSSR count). The van der Waals surface area contributed by atoms with Gasteiger partial charge in [0.1, 0.15) is 4.21 Å². The van der Waals surface area contributed by atoms with Gasteiger partial charge in [0.25, 0.3) is 10.0 Å². The van der Waals surface area contributed by atoms with Crippen molar-refractivity contribution in [3.05, 3.63) is 47.6 Å². The van der Waals surface area contributed by atoms with Gasteiger partial charge >= 0.3 is 0 Å². The average Bonchev–Trinajstić information content (AvgIpc) is 2.84. The molecule has 0 saturated carbocycles. The number of pyridine rings is 1. The maximum atomic E-state index is 11.9. The minimum atomic E-state index is -3.44. The smallest absolute Gasteiger partial charge is 0.250 e. The molecule has 0 amide bonds. The largest absolute Gasteiger partial charge is 0.260 e. The second-order valence-electron chi connectivity index (χ2n) is 3.53. The fourth-order valence-corrected chi connectivity index (χ4v) is 3.63. The first-order valence-corrected chi connectivity index (χ1v) is 7.42. The molecule has 2 aromatic heterocycles. The third kappa shape index (κ3) is 2.91. The van der Waals surface area contributed by atoms with Crippen molar-refractivity contribution in [3.63, 3.8) is 0 Å². The number of hydrogen-bond acceptors (Lipinski definition) is 4. The summed E-state index contributed by atoms with van der Waals surface area (Å²) in [4.78, 5) is 4.12. The van der Waals surface area contributed by atoms with E-state index in [4.69, 9.17) is 0 Å². The molecular formula is C11H12N2O2S2. The summed E-state index contributed by atoms with van der Waals surface area (Å²) >= 11 is 1.20. The molecule has 6 heteroatoms. The summed E-state index contributed by atoms with van der Waals surface area (Å²) in [6.07, 6.45) is 1.64. The Morgan fingerprint density at radius 2 is 2.12 bits per heavy atom. The first-order chi connectivity index (χ1) is 8.09. The van der Waals surface area contributed by atoms with E-state index in [1.807, 2.05) is 6.07 Å². The van der Waals surface area contributed by atoms with Crippen molar-refractivity contribution in [2.24, 2.45) is 0 Å².